The second-order valence-electron chi connectivity index (χ2n) is 6.46. The third kappa shape index (κ3) is 4.30. The van der Waals surface area contributed by atoms with Crippen LogP contribution < -0.4 is 5.32 Å². The van der Waals surface area contributed by atoms with Crippen LogP contribution in [0.4, 0.5) is 0 Å². The van der Waals surface area contributed by atoms with E-state index in [1.54, 1.807) is 0 Å². The fraction of sp³-hybridized carbons (Fsp3) is 0.800. The van der Waals surface area contributed by atoms with E-state index in [0.717, 1.165) is 32.7 Å². The molecule has 0 amide bonds. The first-order valence-electron chi connectivity index (χ1n) is 7.64. The zero-order valence-electron chi connectivity index (χ0n) is 13.3. The number of likely N-dealkylation sites (N-methyl/N-ethyl adjacent to an activating group) is 2. The van der Waals surface area contributed by atoms with Crippen LogP contribution in [-0.2, 0) is 13.1 Å². The molecule has 1 aromatic rings. The first kappa shape index (κ1) is 15.5. The molecule has 1 atom stereocenters. The van der Waals surface area contributed by atoms with Crippen LogP contribution >= 0.6 is 0 Å². The maximum atomic E-state index is 4.32. The van der Waals surface area contributed by atoms with Gasteiger partial charge in [-0.05, 0) is 26.6 Å². The molecule has 1 aromatic heterocycles. The molecule has 1 unspecified atom stereocenters. The minimum absolute atomic E-state index is 0.576. The summed E-state index contributed by atoms with van der Waals surface area (Å²) in [4.78, 5) is 9.20. The highest BCUT2D eigenvalue weighted by Gasteiger charge is 2.22. The maximum absolute atomic E-state index is 4.32. The molecule has 20 heavy (non-hydrogen) atoms. The second kappa shape index (κ2) is 7.20. The Morgan fingerprint density at radius 3 is 2.90 bits per heavy atom. The molecular formula is C15H29N5. The van der Waals surface area contributed by atoms with Crippen LogP contribution in [0.15, 0.2) is 12.5 Å². The normalized spacial score (nSPS) is 21.8. The predicted octanol–water partition coefficient (Wildman–Crippen LogP) is 0.875. The Bertz CT molecular complexity index is 401. The fourth-order valence-electron chi connectivity index (χ4n) is 2.67. The summed E-state index contributed by atoms with van der Waals surface area (Å²) in [6.07, 6.45) is 3.95. The Morgan fingerprint density at radius 1 is 1.35 bits per heavy atom. The first-order chi connectivity index (χ1) is 9.56. The molecule has 0 radical (unpaired) electrons. The lowest BCUT2D eigenvalue weighted by Gasteiger charge is -2.38. The molecule has 2 rings (SSSR count). The summed E-state index contributed by atoms with van der Waals surface area (Å²) >= 11 is 0. The monoisotopic (exact) mass is 279 g/mol. The van der Waals surface area contributed by atoms with Crippen molar-refractivity contribution < 1.29 is 0 Å². The smallest absolute Gasteiger partial charge is 0.0949 e. The van der Waals surface area contributed by atoms with Gasteiger partial charge in [0, 0.05) is 45.0 Å². The van der Waals surface area contributed by atoms with Crippen molar-refractivity contribution in [1.82, 2.24) is 24.7 Å². The number of imidazole rings is 1. The van der Waals surface area contributed by atoms with Gasteiger partial charge in [0.15, 0.2) is 0 Å². The van der Waals surface area contributed by atoms with Crippen LogP contribution in [0, 0.1) is 5.92 Å². The lowest BCUT2D eigenvalue weighted by molar-refractivity contribution is 0.102. The van der Waals surface area contributed by atoms with E-state index in [9.17, 15) is 0 Å². The van der Waals surface area contributed by atoms with Gasteiger partial charge in [0.25, 0.3) is 0 Å². The van der Waals surface area contributed by atoms with Gasteiger partial charge in [0.05, 0.1) is 12.0 Å². The molecule has 1 saturated heterocycles. The summed E-state index contributed by atoms with van der Waals surface area (Å²) in [5, 5.41) is 3.50. The minimum Gasteiger partial charge on any atom is -0.332 e. The minimum atomic E-state index is 0.576. The highest BCUT2D eigenvalue weighted by Crippen LogP contribution is 2.10. The van der Waals surface area contributed by atoms with Crippen molar-refractivity contribution in [3.05, 3.63) is 18.2 Å². The van der Waals surface area contributed by atoms with Crippen molar-refractivity contribution in [3.8, 4) is 0 Å². The number of hydrogen-bond donors (Lipinski definition) is 1. The summed E-state index contributed by atoms with van der Waals surface area (Å²) in [5.74, 6) is 0.685. The van der Waals surface area contributed by atoms with E-state index >= 15 is 0 Å². The standard InChI is InChI=1S/C15H29N5/c1-13(2)7-16-8-14-9-17-12-20(14)11-15-10-18(3)5-6-19(15)4/h9,12-13,15-16H,5-8,10-11H2,1-4H3. The number of rotatable bonds is 6. The van der Waals surface area contributed by atoms with Crippen molar-refractivity contribution in [2.75, 3.05) is 40.3 Å². The van der Waals surface area contributed by atoms with E-state index in [4.69, 9.17) is 0 Å². The molecule has 1 aliphatic rings. The van der Waals surface area contributed by atoms with Crippen molar-refractivity contribution in [1.29, 1.82) is 0 Å². The van der Waals surface area contributed by atoms with E-state index < -0.39 is 0 Å². The zero-order valence-corrected chi connectivity index (χ0v) is 13.3. The molecule has 5 heteroatoms. The molecule has 1 fully saturated rings. The molecule has 1 N–H and O–H groups in total. The topological polar surface area (TPSA) is 36.3 Å². The van der Waals surface area contributed by atoms with E-state index in [1.807, 2.05) is 12.5 Å². The van der Waals surface area contributed by atoms with Gasteiger partial charge in [0.2, 0.25) is 0 Å². The highest BCUT2D eigenvalue weighted by atomic mass is 15.3. The lowest BCUT2D eigenvalue weighted by Crippen LogP contribution is -2.51. The third-order valence-corrected chi connectivity index (χ3v) is 4.04. The van der Waals surface area contributed by atoms with E-state index in [2.05, 4.69) is 52.6 Å². The molecule has 0 saturated carbocycles. The Morgan fingerprint density at radius 2 is 2.15 bits per heavy atom. The van der Waals surface area contributed by atoms with E-state index in [1.165, 1.54) is 12.2 Å². The molecule has 2 heterocycles. The molecule has 0 aliphatic carbocycles. The lowest BCUT2D eigenvalue weighted by atomic mass is 10.2. The van der Waals surface area contributed by atoms with Gasteiger partial charge in [-0.1, -0.05) is 13.8 Å². The number of piperazine rings is 1. The van der Waals surface area contributed by atoms with Gasteiger partial charge in [-0.2, -0.15) is 0 Å². The van der Waals surface area contributed by atoms with Gasteiger partial charge >= 0.3 is 0 Å². The predicted molar refractivity (Wildman–Crippen MR) is 82.7 cm³/mol. The van der Waals surface area contributed by atoms with Gasteiger partial charge in [0.1, 0.15) is 0 Å². The van der Waals surface area contributed by atoms with Crippen LogP contribution in [0.2, 0.25) is 0 Å². The molecule has 0 aromatic carbocycles. The Hall–Kier alpha value is -0.910. The third-order valence-electron chi connectivity index (χ3n) is 4.04. The van der Waals surface area contributed by atoms with Crippen molar-refractivity contribution in [3.63, 3.8) is 0 Å². The SMILES string of the molecule is CC(C)CNCc1cncn1CC1CN(C)CCN1C. The second-order valence-corrected chi connectivity index (χ2v) is 6.46. The number of nitrogens with one attached hydrogen (secondary N) is 1. The van der Waals surface area contributed by atoms with E-state index in [-0.39, 0.29) is 0 Å². The van der Waals surface area contributed by atoms with Gasteiger partial charge < -0.3 is 14.8 Å². The van der Waals surface area contributed by atoms with Gasteiger partial charge in [-0.25, -0.2) is 4.98 Å². The molecule has 1 aliphatic heterocycles. The van der Waals surface area contributed by atoms with Crippen LogP contribution in [-0.4, -0.2) is 65.7 Å². The van der Waals surface area contributed by atoms with E-state index in [0.29, 0.717) is 12.0 Å². The van der Waals surface area contributed by atoms with Crippen LogP contribution in [0.25, 0.3) is 0 Å². The van der Waals surface area contributed by atoms with Gasteiger partial charge in [-0.15, -0.1) is 0 Å². The summed E-state index contributed by atoms with van der Waals surface area (Å²) in [6.45, 7) is 10.9. The summed E-state index contributed by atoms with van der Waals surface area (Å²) in [6, 6.07) is 0.576. The van der Waals surface area contributed by atoms with Crippen molar-refractivity contribution >= 4 is 0 Å². The molecular weight excluding hydrogens is 250 g/mol. The molecule has 5 nitrogen and oxygen atoms in total. The summed E-state index contributed by atoms with van der Waals surface area (Å²) in [5.41, 5.74) is 1.28. The van der Waals surface area contributed by atoms with Crippen LogP contribution in [0.5, 0.6) is 0 Å². The molecule has 114 valence electrons. The van der Waals surface area contributed by atoms with Crippen molar-refractivity contribution in [2.45, 2.75) is 33.0 Å². The largest absolute Gasteiger partial charge is 0.332 e. The maximum Gasteiger partial charge on any atom is 0.0949 e. The average Bonchev–Trinajstić information content (AvgIpc) is 2.81. The highest BCUT2D eigenvalue weighted by molar-refractivity contribution is 4.99. The Labute approximate surface area is 123 Å². The van der Waals surface area contributed by atoms with Crippen molar-refractivity contribution in [2.24, 2.45) is 5.92 Å². The van der Waals surface area contributed by atoms with Gasteiger partial charge in [-0.3, -0.25) is 4.90 Å². The molecule has 0 spiro atoms. The first-order valence-corrected chi connectivity index (χ1v) is 7.64. The zero-order chi connectivity index (χ0) is 14.5. The molecule has 0 bridgehead atoms. The average molecular weight is 279 g/mol. The summed E-state index contributed by atoms with van der Waals surface area (Å²) < 4.78 is 2.30. The number of nitrogens with zero attached hydrogens (tertiary/aromatic N) is 4. The quantitative estimate of drug-likeness (QED) is 0.838. The van der Waals surface area contributed by atoms with Crippen LogP contribution in [0.1, 0.15) is 19.5 Å². The fourth-order valence-corrected chi connectivity index (χ4v) is 2.67. The Balaban J connectivity index is 1.90. The van der Waals surface area contributed by atoms with Crippen LogP contribution in [0.3, 0.4) is 0 Å². The Kier molecular flexibility index (Phi) is 5.57. The summed E-state index contributed by atoms with van der Waals surface area (Å²) in [7, 11) is 4.43. The number of hydrogen-bond acceptors (Lipinski definition) is 4. The number of aromatic nitrogens is 2.